The summed E-state index contributed by atoms with van der Waals surface area (Å²) in [6.07, 6.45) is 6.31. The van der Waals surface area contributed by atoms with Gasteiger partial charge in [-0.3, -0.25) is 0 Å². The van der Waals surface area contributed by atoms with Gasteiger partial charge in [-0.05, 0) is 19.3 Å². The Bertz CT molecular complexity index is 310. The first-order valence-corrected chi connectivity index (χ1v) is 5.58. The molecule has 0 unspecified atom stereocenters. The van der Waals surface area contributed by atoms with Crippen LogP contribution in [0.1, 0.15) is 32.6 Å². The van der Waals surface area contributed by atoms with Crippen LogP contribution in [0, 0.1) is 0 Å². The molecule has 82 valence electrons. The molecule has 15 heavy (non-hydrogen) atoms. The predicted molar refractivity (Wildman–Crippen MR) is 59.9 cm³/mol. The van der Waals surface area contributed by atoms with E-state index in [1.165, 1.54) is 19.3 Å². The van der Waals surface area contributed by atoms with E-state index in [9.17, 15) is 0 Å². The van der Waals surface area contributed by atoms with Crippen molar-refractivity contribution in [3.8, 4) is 0 Å². The van der Waals surface area contributed by atoms with Crippen molar-refractivity contribution in [2.24, 2.45) is 0 Å². The highest BCUT2D eigenvalue weighted by Gasteiger charge is 2.21. The number of anilines is 2. The quantitative estimate of drug-likeness (QED) is 0.694. The molecule has 1 fully saturated rings. The normalized spacial score (nSPS) is 15.0. The summed E-state index contributed by atoms with van der Waals surface area (Å²) in [6, 6.07) is 0.580. The van der Waals surface area contributed by atoms with E-state index in [0.29, 0.717) is 17.9 Å². The Balaban J connectivity index is 1.86. The van der Waals surface area contributed by atoms with Crippen molar-refractivity contribution in [3.63, 3.8) is 0 Å². The van der Waals surface area contributed by atoms with Gasteiger partial charge in [-0.1, -0.05) is 13.3 Å². The highest BCUT2D eigenvalue weighted by molar-refractivity contribution is 5.34. The highest BCUT2D eigenvalue weighted by atomic mass is 15.2. The van der Waals surface area contributed by atoms with Crippen molar-refractivity contribution >= 4 is 11.9 Å². The van der Waals surface area contributed by atoms with Crippen LogP contribution < -0.4 is 10.6 Å². The third-order valence-corrected chi connectivity index (χ3v) is 2.30. The molecule has 5 nitrogen and oxygen atoms in total. The fourth-order valence-corrected chi connectivity index (χ4v) is 1.24. The van der Waals surface area contributed by atoms with Crippen molar-refractivity contribution < 1.29 is 0 Å². The third-order valence-electron chi connectivity index (χ3n) is 2.30. The number of hydrogen-bond donors (Lipinski definition) is 2. The van der Waals surface area contributed by atoms with Crippen molar-refractivity contribution in [1.82, 2.24) is 15.0 Å². The van der Waals surface area contributed by atoms with Crippen molar-refractivity contribution in [2.75, 3.05) is 17.2 Å². The van der Waals surface area contributed by atoms with Crippen molar-refractivity contribution in [1.29, 1.82) is 0 Å². The van der Waals surface area contributed by atoms with E-state index < -0.39 is 0 Å². The summed E-state index contributed by atoms with van der Waals surface area (Å²) in [5.41, 5.74) is 0. The van der Waals surface area contributed by atoms with Gasteiger partial charge in [0.05, 0.1) is 0 Å². The lowest BCUT2D eigenvalue weighted by Gasteiger charge is -2.05. The summed E-state index contributed by atoms with van der Waals surface area (Å²) < 4.78 is 0. The number of nitrogens with one attached hydrogen (secondary N) is 2. The Morgan fingerprint density at radius 1 is 1.33 bits per heavy atom. The molecule has 5 heteroatoms. The van der Waals surface area contributed by atoms with Gasteiger partial charge < -0.3 is 10.6 Å². The van der Waals surface area contributed by atoms with Crippen LogP contribution in [0.4, 0.5) is 11.9 Å². The molecule has 1 aromatic heterocycles. The van der Waals surface area contributed by atoms with E-state index in [1.807, 2.05) is 0 Å². The van der Waals surface area contributed by atoms with Crippen LogP contribution in [-0.2, 0) is 0 Å². The summed E-state index contributed by atoms with van der Waals surface area (Å²) >= 11 is 0. The van der Waals surface area contributed by atoms with Gasteiger partial charge in [0, 0.05) is 12.6 Å². The fraction of sp³-hybridized carbons (Fsp3) is 0.700. The second-order valence-electron chi connectivity index (χ2n) is 3.83. The van der Waals surface area contributed by atoms with E-state index in [1.54, 1.807) is 6.33 Å². The number of rotatable bonds is 6. The average Bonchev–Trinajstić information content (AvgIpc) is 3.03. The van der Waals surface area contributed by atoms with Gasteiger partial charge in [-0.25, -0.2) is 9.97 Å². The molecular weight excluding hydrogens is 190 g/mol. The molecular formula is C10H17N5. The molecule has 2 rings (SSSR count). The lowest BCUT2D eigenvalue weighted by molar-refractivity contribution is 0.824. The van der Waals surface area contributed by atoms with E-state index >= 15 is 0 Å². The molecule has 0 radical (unpaired) electrons. The molecule has 1 aliphatic rings. The molecule has 1 saturated carbocycles. The Kier molecular flexibility index (Phi) is 3.32. The zero-order valence-corrected chi connectivity index (χ0v) is 9.03. The molecule has 0 saturated heterocycles. The Morgan fingerprint density at radius 3 is 2.87 bits per heavy atom. The third kappa shape index (κ3) is 3.34. The number of nitrogens with zero attached hydrogens (tertiary/aromatic N) is 3. The van der Waals surface area contributed by atoms with E-state index in [2.05, 4.69) is 32.5 Å². The zero-order valence-electron chi connectivity index (χ0n) is 9.03. The number of aromatic nitrogens is 3. The Hall–Kier alpha value is -1.39. The van der Waals surface area contributed by atoms with Crippen molar-refractivity contribution in [3.05, 3.63) is 6.33 Å². The number of unbranched alkanes of at least 4 members (excludes halogenated alkanes) is 1. The highest BCUT2D eigenvalue weighted by Crippen LogP contribution is 2.22. The smallest absolute Gasteiger partial charge is 0.227 e. The fourth-order valence-electron chi connectivity index (χ4n) is 1.24. The standard InChI is InChI=1S/C10H17N5/c1-2-3-6-11-9-12-7-13-10(15-9)14-8-4-5-8/h7-8H,2-6H2,1H3,(H2,11,12,13,14,15). The Labute approximate surface area is 89.7 Å². The SMILES string of the molecule is CCCCNc1ncnc(NC2CC2)n1. The summed E-state index contributed by atoms with van der Waals surface area (Å²) in [7, 11) is 0. The van der Waals surface area contributed by atoms with Crippen LogP contribution in [0.5, 0.6) is 0 Å². The van der Waals surface area contributed by atoms with Crippen LogP contribution in [-0.4, -0.2) is 27.5 Å². The maximum Gasteiger partial charge on any atom is 0.227 e. The lowest BCUT2D eigenvalue weighted by Crippen LogP contribution is -2.10. The van der Waals surface area contributed by atoms with Crippen LogP contribution in [0.3, 0.4) is 0 Å². The minimum absolute atomic E-state index is 0.580. The lowest BCUT2D eigenvalue weighted by atomic mass is 10.3. The molecule has 0 aromatic carbocycles. The topological polar surface area (TPSA) is 62.7 Å². The number of hydrogen-bond acceptors (Lipinski definition) is 5. The molecule has 0 spiro atoms. The van der Waals surface area contributed by atoms with Gasteiger partial charge in [0.2, 0.25) is 11.9 Å². The molecule has 1 heterocycles. The molecule has 1 aliphatic carbocycles. The van der Waals surface area contributed by atoms with E-state index in [0.717, 1.165) is 13.0 Å². The molecule has 0 bridgehead atoms. The van der Waals surface area contributed by atoms with E-state index in [-0.39, 0.29) is 0 Å². The van der Waals surface area contributed by atoms with E-state index in [4.69, 9.17) is 0 Å². The molecule has 2 N–H and O–H groups in total. The minimum atomic E-state index is 0.580. The summed E-state index contributed by atoms with van der Waals surface area (Å²) in [5.74, 6) is 1.35. The molecule has 0 amide bonds. The largest absolute Gasteiger partial charge is 0.354 e. The first-order chi connectivity index (χ1) is 7.38. The minimum Gasteiger partial charge on any atom is -0.354 e. The monoisotopic (exact) mass is 207 g/mol. The van der Waals surface area contributed by atoms with Gasteiger partial charge in [-0.15, -0.1) is 0 Å². The average molecular weight is 207 g/mol. The maximum atomic E-state index is 4.28. The molecule has 0 atom stereocenters. The van der Waals surface area contributed by atoms with Gasteiger partial charge in [0.25, 0.3) is 0 Å². The van der Waals surface area contributed by atoms with Crippen LogP contribution in [0.25, 0.3) is 0 Å². The van der Waals surface area contributed by atoms with Gasteiger partial charge >= 0.3 is 0 Å². The molecule has 0 aliphatic heterocycles. The molecule has 1 aromatic rings. The summed E-state index contributed by atoms with van der Waals surface area (Å²) in [6.45, 7) is 3.08. The summed E-state index contributed by atoms with van der Waals surface area (Å²) in [5, 5.41) is 6.42. The van der Waals surface area contributed by atoms with Crippen LogP contribution >= 0.6 is 0 Å². The van der Waals surface area contributed by atoms with Crippen LogP contribution in [0.15, 0.2) is 6.33 Å². The van der Waals surface area contributed by atoms with Gasteiger partial charge in [0.1, 0.15) is 6.33 Å². The summed E-state index contributed by atoms with van der Waals surface area (Å²) in [4.78, 5) is 12.4. The maximum absolute atomic E-state index is 4.28. The second-order valence-corrected chi connectivity index (χ2v) is 3.83. The first-order valence-electron chi connectivity index (χ1n) is 5.58. The van der Waals surface area contributed by atoms with Gasteiger partial charge in [-0.2, -0.15) is 4.98 Å². The zero-order chi connectivity index (χ0) is 10.5. The second kappa shape index (κ2) is 4.91. The predicted octanol–water partition coefficient (Wildman–Crippen LogP) is 1.66. The van der Waals surface area contributed by atoms with Crippen molar-refractivity contribution in [2.45, 2.75) is 38.6 Å². The van der Waals surface area contributed by atoms with Crippen LogP contribution in [0.2, 0.25) is 0 Å². The Morgan fingerprint density at radius 2 is 2.13 bits per heavy atom. The first kappa shape index (κ1) is 10.1. The van der Waals surface area contributed by atoms with Gasteiger partial charge in [0.15, 0.2) is 0 Å².